The van der Waals surface area contributed by atoms with Gasteiger partial charge in [0.15, 0.2) is 0 Å². The Kier molecular flexibility index (Phi) is 3.84. The van der Waals surface area contributed by atoms with E-state index in [1.807, 2.05) is 0 Å². The van der Waals surface area contributed by atoms with Crippen LogP contribution in [0.25, 0.3) is 0 Å². The highest BCUT2D eigenvalue weighted by molar-refractivity contribution is 5.99. The number of hydrogen-bond donors (Lipinski definition) is 1. The average molecular weight is 286 g/mol. The van der Waals surface area contributed by atoms with Crippen molar-refractivity contribution in [2.75, 3.05) is 10.6 Å². The average Bonchev–Trinajstić information content (AvgIpc) is 2.40. The molecule has 0 aliphatic carbocycles. The topological polar surface area (TPSA) is 102 Å². The van der Waals surface area contributed by atoms with Crippen LogP contribution in [-0.4, -0.2) is 15.8 Å². The fourth-order valence-electron chi connectivity index (χ4n) is 2.01. The van der Waals surface area contributed by atoms with Crippen molar-refractivity contribution in [3.05, 3.63) is 52.3 Å². The molecule has 2 aromatic rings. The van der Waals surface area contributed by atoms with Gasteiger partial charge in [-0.15, -0.1) is 0 Å². The Hall–Kier alpha value is -2.96. The number of nitro groups is 1. The smallest absolute Gasteiger partial charge is 0.294 e. The number of amides is 1. The van der Waals surface area contributed by atoms with Gasteiger partial charge in [0.05, 0.1) is 16.3 Å². The third kappa shape index (κ3) is 2.97. The molecule has 0 unspecified atom stereocenters. The number of nitrogen functional groups attached to an aromatic ring is 1. The number of hydrogen-bond acceptors (Lipinski definition) is 5. The summed E-state index contributed by atoms with van der Waals surface area (Å²) in [6.45, 7) is 3.19. The first kappa shape index (κ1) is 14.4. The molecule has 21 heavy (non-hydrogen) atoms. The Labute approximate surface area is 121 Å². The van der Waals surface area contributed by atoms with Crippen LogP contribution in [0, 0.1) is 17.0 Å². The number of carbonyl (C=O) groups excluding carboxylic acids is 1. The van der Waals surface area contributed by atoms with E-state index in [0.717, 1.165) is 5.69 Å². The number of carbonyl (C=O) groups is 1. The summed E-state index contributed by atoms with van der Waals surface area (Å²) in [4.78, 5) is 27.8. The number of nitro benzene ring substituents is 1. The lowest BCUT2D eigenvalue weighted by Gasteiger charge is -2.21. The molecule has 7 heteroatoms. The number of nitrogens with two attached hydrogens (primary N) is 1. The molecular formula is C14H14N4O3. The largest absolute Gasteiger partial charge is 0.393 e. The molecule has 0 spiro atoms. The second kappa shape index (κ2) is 5.58. The summed E-state index contributed by atoms with van der Waals surface area (Å²) in [5.74, 6) is -0.264. The van der Waals surface area contributed by atoms with Crippen LogP contribution in [0.3, 0.4) is 0 Å². The summed E-state index contributed by atoms with van der Waals surface area (Å²) in [5.41, 5.74) is 7.11. The molecule has 7 nitrogen and oxygen atoms in total. The summed E-state index contributed by atoms with van der Waals surface area (Å²) >= 11 is 0. The molecule has 1 aromatic carbocycles. The van der Waals surface area contributed by atoms with Gasteiger partial charge in [-0.25, -0.2) is 0 Å². The molecule has 0 atom stereocenters. The number of nitrogens with zero attached hydrogens (tertiary/aromatic N) is 3. The van der Waals surface area contributed by atoms with Gasteiger partial charge in [-0.05, 0) is 31.2 Å². The van der Waals surface area contributed by atoms with E-state index in [4.69, 9.17) is 5.73 Å². The molecule has 108 valence electrons. The zero-order chi connectivity index (χ0) is 15.6. The number of pyridine rings is 1. The van der Waals surface area contributed by atoms with E-state index in [1.54, 1.807) is 31.3 Å². The van der Waals surface area contributed by atoms with Crippen molar-refractivity contribution < 1.29 is 9.72 Å². The van der Waals surface area contributed by atoms with E-state index in [1.165, 1.54) is 24.0 Å². The monoisotopic (exact) mass is 286 g/mol. The van der Waals surface area contributed by atoms with Crippen molar-refractivity contribution in [3.63, 3.8) is 0 Å². The molecule has 0 aliphatic rings. The molecule has 0 radical (unpaired) electrons. The molecule has 0 saturated heterocycles. The molecule has 1 aromatic heterocycles. The normalized spacial score (nSPS) is 10.2. The minimum Gasteiger partial charge on any atom is -0.393 e. The lowest BCUT2D eigenvalue weighted by atomic mass is 10.2. The number of aromatic nitrogens is 1. The minimum absolute atomic E-state index is 0.0539. The second-order valence-electron chi connectivity index (χ2n) is 4.51. The molecule has 0 saturated carbocycles. The SMILES string of the molecule is CC(=O)N(c1ccnc(C)c1)c1ccc(N)c([N+](=O)[O-])c1. The lowest BCUT2D eigenvalue weighted by molar-refractivity contribution is -0.383. The third-order valence-electron chi connectivity index (χ3n) is 2.92. The van der Waals surface area contributed by atoms with Crippen molar-refractivity contribution in [1.82, 2.24) is 4.98 Å². The van der Waals surface area contributed by atoms with E-state index in [9.17, 15) is 14.9 Å². The number of benzene rings is 1. The Balaban J connectivity index is 2.56. The maximum Gasteiger partial charge on any atom is 0.294 e. The van der Waals surface area contributed by atoms with Crippen molar-refractivity contribution in [3.8, 4) is 0 Å². The number of anilines is 3. The predicted octanol–water partition coefficient (Wildman–Crippen LogP) is 2.57. The van der Waals surface area contributed by atoms with Gasteiger partial charge in [0.1, 0.15) is 5.69 Å². The zero-order valence-electron chi connectivity index (χ0n) is 11.6. The van der Waals surface area contributed by atoms with Gasteiger partial charge in [-0.1, -0.05) is 0 Å². The zero-order valence-corrected chi connectivity index (χ0v) is 11.6. The van der Waals surface area contributed by atoms with Crippen LogP contribution in [0.15, 0.2) is 36.5 Å². The first-order valence-corrected chi connectivity index (χ1v) is 6.17. The maximum absolute atomic E-state index is 11.9. The van der Waals surface area contributed by atoms with Gasteiger partial charge in [-0.3, -0.25) is 24.8 Å². The number of rotatable bonds is 3. The van der Waals surface area contributed by atoms with Gasteiger partial charge >= 0.3 is 0 Å². The van der Waals surface area contributed by atoms with Crippen LogP contribution >= 0.6 is 0 Å². The van der Waals surface area contributed by atoms with Crippen LogP contribution in [0.5, 0.6) is 0 Å². The van der Waals surface area contributed by atoms with Crippen LogP contribution < -0.4 is 10.6 Å². The number of aryl methyl sites for hydroxylation is 1. The van der Waals surface area contributed by atoms with Crippen molar-refractivity contribution in [2.24, 2.45) is 0 Å². The van der Waals surface area contributed by atoms with E-state index in [2.05, 4.69) is 4.98 Å². The summed E-state index contributed by atoms with van der Waals surface area (Å²) < 4.78 is 0. The molecule has 0 aliphatic heterocycles. The quantitative estimate of drug-likeness (QED) is 0.530. The molecular weight excluding hydrogens is 272 g/mol. The Bertz CT molecular complexity index is 715. The summed E-state index contributed by atoms with van der Waals surface area (Å²) in [5, 5.41) is 11.0. The summed E-state index contributed by atoms with van der Waals surface area (Å²) in [6.07, 6.45) is 1.58. The second-order valence-corrected chi connectivity index (χ2v) is 4.51. The first-order chi connectivity index (χ1) is 9.90. The van der Waals surface area contributed by atoms with Crippen molar-refractivity contribution >= 4 is 28.7 Å². The molecule has 0 fully saturated rings. The van der Waals surface area contributed by atoms with Gasteiger partial charge in [0, 0.05) is 24.9 Å². The highest BCUT2D eigenvalue weighted by Gasteiger charge is 2.19. The third-order valence-corrected chi connectivity index (χ3v) is 2.92. The van der Waals surface area contributed by atoms with E-state index < -0.39 is 4.92 Å². The minimum atomic E-state index is -0.574. The van der Waals surface area contributed by atoms with Crippen molar-refractivity contribution in [2.45, 2.75) is 13.8 Å². The molecule has 2 N–H and O–H groups in total. The maximum atomic E-state index is 11.9. The van der Waals surface area contributed by atoms with Gasteiger partial charge in [-0.2, -0.15) is 0 Å². The summed E-state index contributed by atoms with van der Waals surface area (Å²) in [7, 11) is 0. The fourth-order valence-corrected chi connectivity index (χ4v) is 2.01. The van der Waals surface area contributed by atoms with Crippen LogP contribution in [0.2, 0.25) is 0 Å². The van der Waals surface area contributed by atoms with Crippen LogP contribution in [-0.2, 0) is 4.79 Å². The molecule has 0 bridgehead atoms. The Morgan fingerprint density at radius 2 is 1.95 bits per heavy atom. The Morgan fingerprint density at radius 3 is 2.52 bits per heavy atom. The first-order valence-electron chi connectivity index (χ1n) is 6.17. The van der Waals surface area contributed by atoms with Crippen LogP contribution in [0.1, 0.15) is 12.6 Å². The Morgan fingerprint density at radius 1 is 1.29 bits per heavy atom. The predicted molar refractivity (Wildman–Crippen MR) is 79.3 cm³/mol. The van der Waals surface area contributed by atoms with Gasteiger partial charge in [0.25, 0.3) is 5.69 Å². The summed E-state index contributed by atoms with van der Waals surface area (Å²) in [6, 6.07) is 7.66. The van der Waals surface area contributed by atoms with Gasteiger partial charge in [0.2, 0.25) is 5.91 Å². The van der Waals surface area contributed by atoms with E-state index in [0.29, 0.717) is 11.4 Å². The van der Waals surface area contributed by atoms with E-state index >= 15 is 0 Å². The molecule has 2 rings (SSSR count). The van der Waals surface area contributed by atoms with E-state index in [-0.39, 0.29) is 17.3 Å². The fraction of sp³-hybridized carbons (Fsp3) is 0.143. The van der Waals surface area contributed by atoms with Gasteiger partial charge < -0.3 is 5.73 Å². The highest BCUT2D eigenvalue weighted by Crippen LogP contribution is 2.31. The standard InChI is InChI=1S/C14H14N4O3/c1-9-7-12(5-6-16-9)17(10(2)19)11-3-4-13(15)14(8-11)18(20)21/h3-8H,15H2,1-2H3. The highest BCUT2D eigenvalue weighted by atomic mass is 16.6. The molecule has 1 amide bonds. The van der Waals surface area contributed by atoms with Crippen LogP contribution in [0.4, 0.5) is 22.7 Å². The lowest BCUT2D eigenvalue weighted by Crippen LogP contribution is -2.23. The van der Waals surface area contributed by atoms with Crippen molar-refractivity contribution in [1.29, 1.82) is 0 Å². The molecule has 1 heterocycles.